The molecule has 230 valence electrons. The van der Waals surface area contributed by atoms with Crippen LogP contribution >= 0.6 is 11.3 Å². The highest BCUT2D eigenvalue weighted by atomic mass is 32.1. The average Bonchev–Trinajstić information content (AvgIpc) is 3.75. The van der Waals surface area contributed by atoms with E-state index in [1.807, 2.05) is 36.4 Å². The third-order valence-corrected chi connectivity index (χ3v) is 7.95. The Morgan fingerprint density at radius 1 is 1.04 bits per heavy atom. The fourth-order valence-corrected chi connectivity index (χ4v) is 5.89. The number of oxazole rings is 1. The molecule has 1 aliphatic heterocycles. The average molecular weight is 628 g/mol. The first-order valence-electron chi connectivity index (χ1n) is 14.1. The summed E-state index contributed by atoms with van der Waals surface area (Å²) >= 11 is 1.44. The van der Waals surface area contributed by atoms with Gasteiger partial charge in [0.1, 0.15) is 29.0 Å². The van der Waals surface area contributed by atoms with Gasteiger partial charge in [-0.2, -0.15) is 0 Å². The van der Waals surface area contributed by atoms with E-state index < -0.39 is 29.2 Å². The number of hydrogen-bond acceptors (Lipinski definition) is 10. The lowest BCUT2D eigenvalue weighted by Gasteiger charge is -2.19. The fourth-order valence-electron chi connectivity index (χ4n) is 4.87. The van der Waals surface area contributed by atoms with Crippen molar-refractivity contribution >= 4 is 50.8 Å². The molecule has 1 aliphatic rings. The highest BCUT2D eigenvalue weighted by molar-refractivity contribution is 7.19. The number of pyridine rings is 1. The largest absolute Gasteiger partial charge is 0.444 e. The Hall–Kier alpha value is -5.37. The van der Waals surface area contributed by atoms with Crippen LogP contribution in [0.3, 0.4) is 0 Å². The van der Waals surface area contributed by atoms with Crippen molar-refractivity contribution < 1.29 is 23.5 Å². The fraction of sp³-hybridized carbons (Fsp3) is 0.258. The van der Waals surface area contributed by atoms with Crippen LogP contribution in [0.1, 0.15) is 54.6 Å². The van der Waals surface area contributed by atoms with Crippen molar-refractivity contribution in [1.82, 2.24) is 24.8 Å². The number of ether oxygens (including phenoxy) is 1. The van der Waals surface area contributed by atoms with E-state index in [9.17, 15) is 19.2 Å². The second kappa shape index (κ2) is 12.0. The number of aryl methyl sites for hydroxylation is 1. The van der Waals surface area contributed by atoms with E-state index in [0.29, 0.717) is 30.2 Å². The molecule has 0 spiro atoms. The number of anilines is 2. The van der Waals surface area contributed by atoms with Gasteiger partial charge in [0.15, 0.2) is 5.76 Å². The summed E-state index contributed by atoms with van der Waals surface area (Å²) in [5.41, 5.74) is -0.511. The van der Waals surface area contributed by atoms with Gasteiger partial charge in [0.25, 0.3) is 11.4 Å². The molecule has 0 saturated heterocycles. The summed E-state index contributed by atoms with van der Waals surface area (Å²) in [5.74, 6) is -0.0403. The number of carbonyl (C=O) groups excluding carboxylic acids is 3. The molecule has 4 aromatic heterocycles. The molecule has 3 amide bonds. The highest BCUT2D eigenvalue weighted by Gasteiger charge is 2.31. The minimum Gasteiger partial charge on any atom is -0.444 e. The van der Waals surface area contributed by atoms with Crippen molar-refractivity contribution in [3.8, 4) is 11.3 Å². The molecule has 14 heteroatoms. The molecule has 13 nitrogen and oxygen atoms in total. The molecule has 5 aromatic rings. The molecule has 45 heavy (non-hydrogen) atoms. The van der Waals surface area contributed by atoms with Gasteiger partial charge < -0.3 is 19.8 Å². The number of amides is 3. The minimum absolute atomic E-state index is 0.0873. The van der Waals surface area contributed by atoms with Crippen molar-refractivity contribution in [2.75, 3.05) is 10.6 Å². The van der Waals surface area contributed by atoms with Gasteiger partial charge in [0.05, 0.1) is 18.9 Å². The van der Waals surface area contributed by atoms with Crippen molar-refractivity contribution in [2.45, 2.75) is 51.8 Å². The molecule has 0 radical (unpaired) electrons. The first kappa shape index (κ1) is 29.7. The molecular weight excluding hydrogens is 598 g/mol. The molecule has 1 aromatic carbocycles. The van der Waals surface area contributed by atoms with Crippen molar-refractivity contribution in [2.24, 2.45) is 0 Å². The number of thiophene rings is 1. The number of rotatable bonds is 7. The van der Waals surface area contributed by atoms with Gasteiger partial charge in [0, 0.05) is 33.1 Å². The number of hydrogen-bond donors (Lipinski definition) is 3. The van der Waals surface area contributed by atoms with Gasteiger partial charge in [-0.1, -0.05) is 30.3 Å². The standard InChI is InChI=1S/C31H29N7O6S/c1-31(2,3)44-30(42)37-24-12-23-18(13-32-24)11-19(45-23)14-34-26(39)21-9-10-25-33-15-20(29(41)38(21)25)36-27(40)28-35-16-22(43-28)17-7-5-4-6-8-17/h4-8,11-13,15-16,21H,9-10,14H2,1-3H3,(H,34,39)(H,36,40)(H,32,37,42)/t21-/m0/s1. The number of carbonyl (C=O) groups is 3. The summed E-state index contributed by atoms with van der Waals surface area (Å²) in [5, 5.41) is 8.91. The lowest BCUT2D eigenvalue weighted by atomic mass is 10.2. The van der Waals surface area contributed by atoms with Crippen LogP contribution in [0.2, 0.25) is 0 Å². The summed E-state index contributed by atoms with van der Waals surface area (Å²) in [4.78, 5) is 65.0. The molecule has 0 bridgehead atoms. The Balaban J connectivity index is 1.11. The molecule has 1 atom stereocenters. The predicted molar refractivity (Wildman–Crippen MR) is 167 cm³/mol. The highest BCUT2D eigenvalue weighted by Crippen LogP contribution is 2.28. The maximum absolute atomic E-state index is 13.4. The molecular formula is C31H29N7O6S. The Morgan fingerprint density at radius 3 is 2.62 bits per heavy atom. The van der Waals surface area contributed by atoms with Crippen LogP contribution in [-0.4, -0.2) is 43.0 Å². The number of fused-ring (bicyclic) bond motifs is 2. The van der Waals surface area contributed by atoms with Crippen LogP contribution in [0.4, 0.5) is 16.3 Å². The summed E-state index contributed by atoms with van der Waals surface area (Å²) in [7, 11) is 0. The maximum Gasteiger partial charge on any atom is 0.413 e. The normalized spacial score (nSPS) is 14.2. The van der Waals surface area contributed by atoms with Gasteiger partial charge >= 0.3 is 12.0 Å². The summed E-state index contributed by atoms with van der Waals surface area (Å²) in [6.45, 7) is 5.56. The molecule has 0 saturated carbocycles. The van der Waals surface area contributed by atoms with E-state index in [-0.39, 0.29) is 24.0 Å². The molecule has 0 unspecified atom stereocenters. The Bertz CT molecular complexity index is 1980. The first-order valence-corrected chi connectivity index (χ1v) is 14.9. The third kappa shape index (κ3) is 6.60. The van der Waals surface area contributed by atoms with E-state index in [1.54, 1.807) is 33.0 Å². The zero-order chi connectivity index (χ0) is 31.7. The first-order chi connectivity index (χ1) is 21.5. The minimum atomic E-state index is -0.788. The predicted octanol–water partition coefficient (Wildman–Crippen LogP) is 4.91. The summed E-state index contributed by atoms with van der Waals surface area (Å²) < 4.78 is 13.1. The van der Waals surface area contributed by atoms with Crippen LogP contribution < -0.4 is 21.5 Å². The lowest BCUT2D eigenvalue weighted by molar-refractivity contribution is -0.124. The monoisotopic (exact) mass is 627 g/mol. The quantitative estimate of drug-likeness (QED) is 0.227. The van der Waals surface area contributed by atoms with Crippen LogP contribution in [0, 0.1) is 0 Å². The smallest absolute Gasteiger partial charge is 0.413 e. The van der Waals surface area contributed by atoms with Gasteiger partial charge in [-0.3, -0.25) is 24.3 Å². The van der Waals surface area contributed by atoms with Crippen molar-refractivity contribution in [3.05, 3.63) is 88.0 Å². The van der Waals surface area contributed by atoms with Crippen molar-refractivity contribution in [3.63, 3.8) is 0 Å². The van der Waals surface area contributed by atoms with Gasteiger partial charge in [-0.05, 0) is 39.3 Å². The van der Waals surface area contributed by atoms with Crippen LogP contribution in [0.25, 0.3) is 21.4 Å². The van der Waals surface area contributed by atoms with Crippen LogP contribution in [0.5, 0.6) is 0 Å². The zero-order valence-electron chi connectivity index (χ0n) is 24.6. The molecule has 6 rings (SSSR count). The van der Waals surface area contributed by atoms with Crippen LogP contribution in [0.15, 0.2) is 70.3 Å². The lowest BCUT2D eigenvalue weighted by Crippen LogP contribution is -2.36. The summed E-state index contributed by atoms with van der Waals surface area (Å²) in [6, 6.07) is 12.0. The van der Waals surface area contributed by atoms with E-state index in [2.05, 4.69) is 30.9 Å². The van der Waals surface area contributed by atoms with E-state index in [4.69, 9.17) is 9.15 Å². The molecule has 5 heterocycles. The maximum atomic E-state index is 13.4. The zero-order valence-corrected chi connectivity index (χ0v) is 25.4. The number of nitrogens with zero attached hydrogens (tertiary/aromatic N) is 4. The van der Waals surface area contributed by atoms with E-state index >= 15 is 0 Å². The number of nitrogens with one attached hydrogen (secondary N) is 3. The SMILES string of the molecule is CC(C)(C)OC(=O)Nc1cc2sc(CNC(=O)[C@@H]3CCc4ncc(NC(=O)c5ncc(-c6ccccc6)o5)c(=O)n43)cc2cn1. The van der Waals surface area contributed by atoms with Gasteiger partial charge in [0.2, 0.25) is 5.91 Å². The van der Waals surface area contributed by atoms with Gasteiger partial charge in [-0.25, -0.2) is 19.7 Å². The van der Waals surface area contributed by atoms with Gasteiger partial charge in [-0.15, -0.1) is 11.3 Å². The van der Waals surface area contributed by atoms with E-state index in [1.165, 1.54) is 28.3 Å². The Kier molecular flexibility index (Phi) is 7.89. The van der Waals surface area contributed by atoms with Crippen LogP contribution in [-0.2, 0) is 22.5 Å². The third-order valence-electron chi connectivity index (χ3n) is 6.85. The second-order valence-corrected chi connectivity index (χ2v) is 12.5. The number of aromatic nitrogens is 4. The summed E-state index contributed by atoms with van der Waals surface area (Å²) in [6.07, 6.45) is 4.58. The number of benzene rings is 1. The van der Waals surface area contributed by atoms with Crippen molar-refractivity contribution in [1.29, 1.82) is 0 Å². The topological polar surface area (TPSA) is 170 Å². The molecule has 0 aliphatic carbocycles. The van der Waals surface area contributed by atoms with E-state index in [0.717, 1.165) is 20.5 Å². The molecule has 3 N–H and O–H groups in total. The molecule has 0 fully saturated rings. The Labute approximate surface area is 260 Å². The Morgan fingerprint density at radius 2 is 1.84 bits per heavy atom. The second-order valence-electron chi connectivity index (χ2n) is 11.3.